The van der Waals surface area contributed by atoms with Crippen molar-refractivity contribution in [3.8, 4) is 5.75 Å². The Bertz CT molecular complexity index is 1200. The van der Waals surface area contributed by atoms with Gasteiger partial charge in [0.1, 0.15) is 12.3 Å². The molecular weight excluding hydrogens is 360 g/mol. The molecule has 28 heavy (non-hydrogen) atoms. The molecule has 8 heteroatoms. The molecule has 0 radical (unpaired) electrons. The summed E-state index contributed by atoms with van der Waals surface area (Å²) in [7, 11) is 0. The van der Waals surface area contributed by atoms with E-state index in [9.17, 15) is 9.59 Å². The molecule has 8 nitrogen and oxygen atoms in total. The van der Waals surface area contributed by atoms with Gasteiger partial charge in [0.25, 0.3) is 0 Å². The zero-order chi connectivity index (χ0) is 19.7. The van der Waals surface area contributed by atoms with E-state index in [1.807, 2.05) is 38.1 Å². The number of carbonyl (C=O) groups is 1. The van der Waals surface area contributed by atoms with E-state index in [1.165, 1.54) is 4.40 Å². The molecule has 144 valence electrons. The normalized spacial score (nSPS) is 12.4. The van der Waals surface area contributed by atoms with Crippen LogP contribution >= 0.6 is 0 Å². The van der Waals surface area contributed by atoms with Crippen LogP contribution in [0.4, 0.5) is 0 Å². The van der Waals surface area contributed by atoms with Crippen molar-refractivity contribution in [1.29, 1.82) is 0 Å². The lowest BCUT2D eigenvalue weighted by molar-refractivity contribution is -0.122. The van der Waals surface area contributed by atoms with Gasteiger partial charge in [-0.3, -0.25) is 9.20 Å². The fraction of sp³-hybridized carbons (Fsp3) is 0.250. The van der Waals surface area contributed by atoms with Crippen LogP contribution in [0.2, 0.25) is 0 Å². The number of hydrogen-bond donors (Lipinski definition) is 1. The topological polar surface area (TPSA) is 90.8 Å². The SMILES string of the molecule is CCOc1cccc2cc(C(C)NC(=O)Cn3nc4ccccn4c3=O)oc12. The number of hydrogen-bond acceptors (Lipinski definition) is 5. The van der Waals surface area contributed by atoms with E-state index in [0.717, 1.165) is 10.1 Å². The lowest BCUT2D eigenvalue weighted by Gasteiger charge is -2.11. The van der Waals surface area contributed by atoms with E-state index >= 15 is 0 Å². The lowest BCUT2D eigenvalue weighted by atomic mass is 10.2. The highest BCUT2D eigenvalue weighted by Crippen LogP contribution is 2.31. The van der Waals surface area contributed by atoms with Gasteiger partial charge in [0.05, 0.1) is 12.6 Å². The first-order valence-electron chi connectivity index (χ1n) is 9.05. The van der Waals surface area contributed by atoms with Crippen molar-refractivity contribution in [1.82, 2.24) is 19.5 Å². The molecular formula is C20H20N4O4. The van der Waals surface area contributed by atoms with Crippen LogP contribution in [-0.2, 0) is 11.3 Å². The summed E-state index contributed by atoms with van der Waals surface area (Å²) < 4.78 is 14.0. The fourth-order valence-electron chi connectivity index (χ4n) is 3.10. The molecule has 1 aromatic carbocycles. The predicted octanol–water partition coefficient (Wildman–Crippen LogP) is 2.52. The number of carbonyl (C=O) groups excluding carboxylic acids is 1. The van der Waals surface area contributed by atoms with Crippen molar-refractivity contribution in [3.63, 3.8) is 0 Å². The smallest absolute Gasteiger partial charge is 0.350 e. The first kappa shape index (κ1) is 17.8. The Kier molecular flexibility index (Phi) is 4.60. The monoisotopic (exact) mass is 380 g/mol. The highest BCUT2D eigenvalue weighted by Gasteiger charge is 2.17. The number of ether oxygens (including phenoxy) is 1. The summed E-state index contributed by atoms with van der Waals surface area (Å²) in [4.78, 5) is 24.7. The minimum absolute atomic E-state index is 0.171. The van der Waals surface area contributed by atoms with E-state index in [2.05, 4.69) is 10.4 Å². The van der Waals surface area contributed by atoms with E-state index in [0.29, 0.717) is 29.3 Å². The van der Waals surface area contributed by atoms with E-state index in [-0.39, 0.29) is 24.2 Å². The molecule has 0 saturated carbocycles. The van der Waals surface area contributed by atoms with Crippen LogP contribution in [0, 0.1) is 0 Å². The number of fused-ring (bicyclic) bond motifs is 2. The molecule has 0 saturated heterocycles. The molecule has 4 aromatic rings. The molecule has 0 aliphatic carbocycles. The average molecular weight is 380 g/mol. The Morgan fingerprint density at radius 3 is 2.93 bits per heavy atom. The molecule has 0 spiro atoms. The first-order chi connectivity index (χ1) is 13.6. The number of furan rings is 1. The number of aromatic nitrogens is 3. The maximum absolute atomic E-state index is 12.4. The van der Waals surface area contributed by atoms with Crippen molar-refractivity contribution < 1.29 is 13.9 Å². The van der Waals surface area contributed by atoms with Gasteiger partial charge < -0.3 is 14.5 Å². The highest BCUT2D eigenvalue weighted by molar-refractivity contribution is 5.84. The van der Waals surface area contributed by atoms with Gasteiger partial charge in [-0.1, -0.05) is 18.2 Å². The molecule has 4 rings (SSSR count). The van der Waals surface area contributed by atoms with Crippen LogP contribution in [0.1, 0.15) is 25.6 Å². The van der Waals surface area contributed by atoms with Crippen molar-refractivity contribution in [3.05, 3.63) is 64.9 Å². The maximum atomic E-state index is 12.4. The second kappa shape index (κ2) is 7.22. The number of benzene rings is 1. The molecule has 0 fully saturated rings. The Morgan fingerprint density at radius 2 is 2.14 bits per heavy atom. The summed E-state index contributed by atoms with van der Waals surface area (Å²) in [5.41, 5.74) is 0.787. The molecule has 0 aliphatic heterocycles. The van der Waals surface area contributed by atoms with Gasteiger partial charge in [0.15, 0.2) is 17.0 Å². The van der Waals surface area contributed by atoms with Gasteiger partial charge in [-0.15, -0.1) is 5.10 Å². The van der Waals surface area contributed by atoms with Gasteiger partial charge in [-0.05, 0) is 38.1 Å². The Hall–Kier alpha value is -3.55. The summed E-state index contributed by atoms with van der Waals surface area (Å²) >= 11 is 0. The zero-order valence-corrected chi connectivity index (χ0v) is 15.6. The number of nitrogens with zero attached hydrogens (tertiary/aromatic N) is 3. The highest BCUT2D eigenvalue weighted by atomic mass is 16.5. The van der Waals surface area contributed by atoms with Crippen LogP contribution in [0.5, 0.6) is 5.75 Å². The van der Waals surface area contributed by atoms with Crippen LogP contribution in [0.25, 0.3) is 16.6 Å². The third-order valence-electron chi connectivity index (χ3n) is 4.41. The number of rotatable bonds is 6. The molecule has 1 N–H and O–H groups in total. The van der Waals surface area contributed by atoms with Crippen molar-refractivity contribution in [2.75, 3.05) is 6.61 Å². The van der Waals surface area contributed by atoms with E-state index in [4.69, 9.17) is 9.15 Å². The minimum Gasteiger partial charge on any atom is -0.490 e. The largest absolute Gasteiger partial charge is 0.490 e. The molecule has 3 aromatic heterocycles. The Balaban J connectivity index is 1.51. The van der Waals surface area contributed by atoms with Crippen LogP contribution in [0.15, 0.2) is 57.9 Å². The quantitative estimate of drug-likeness (QED) is 0.555. The average Bonchev–Trinajstić information content (AvgIpc) is 3.25. The second-order valence-electron chi connectivity index (χ2n) is 6.41. The minimum atomic E-state index is -0.373. The number of nitrogens with one attached hydrogen (secondary N) is 1. The third kappa shape index (κ3) is 3.24. The third-order valence-corrected chi connectivity index (χ3v) is 4.41. The summed E-state index contributed by atoms with van der Waals surface area (Å²) in [6.45, 7) is 4.10. The first-order valence-corrected chi connectivity index (χ1v) is 9.05. The summed E-state index contributed by atoms with van der Waals surface area (Å²) in [5, 5.41) is 7.91. The van der Waals surface area contributed by atoms with Crippen molar-refractivity contribution >= 4 is 22.5 Å². The number of amides is 1. The number of para-hydroxylation sites is 1. The molecule has 1 amide bonds. The lowest BCUT2D eigenvalue weighted by Crippen LogP contribution is -2.34. The van der Waals surface area contributed by atoms with Crippen molar-refractivity contribution in [2.24, 2.45) is 0 Å². The van der Waals surface area contributed by atoms with E-state index in [1.54, 1.807) is 24.4 Å². The van der Waals surface area contributed by atoms with Gasteiger partial charge >= 0.3 is 5.69 Å². The summed E-state index contributed by atoms with van der Waals surface area (Å²) in [6.07, 6.45) is 1.62. The second-order valence-corrected chi connectivity index (χ2v) is 6.41. The molecule has 0 aliphatic rings. The number of pyridine rings is 1. The maximum Gasteiger partial charge on any atom is 0.350 e. The summed E-state index contributed by atoms with van der Waals surface area (Å²) in [6, 6.07) is 12.4. The Morgan fingerprint density at radius 1 is 1.29 bits per heavy atom. The van der Waals surface area contributed by atoms with Gasteiger partial charge in [0, 0.05) is 11.6 Å². The fourth-order valence-corrected chi connectivity index (χ4v) is 3.10. The molecule has 0 bridgehead atoms. The van der Waals surface area contributed by atoms with Crippen molar-refractivity contribution in [2.45, 2.75) is 26.4 Å². The van der Waals surface area contributed by atoms with Crippen LogP contribution < -0.4 is 15.7 Å². The van der Waals surface area contributed by atoms with Crippen LogP contribution in [-0.4, -0.2) is 26.7 Å². The predicted molar refractivity (Wildman–Crippen MR) is 103 cm³/mol. The summed E-state index contributed by atoms with van der Waals surface area (Å²) in [5.74, 6) is 0.947. The molecule has 1 atom stereocenters. The van der Waals surface area contributed by atoms with Crippen LogP contribution in [0.3, 0.4) is 0 Å². The Labute approximate surface area is 160 Å². The zero-order valence-electron chi connectivity index (χ0n) is 15.6. The standard InChI is InChI=1S/C20H20N4O4/c1-3-27-15-8-6-7-14-11-16(28-19(14)15)13(2)21-18(25)12-24-20(26)23-10-5-4-9-17(23)22-24/h4-11,13H,3,12H2,1-2H3,(H,21,25). The molecule has 3 heterocycles. The van der Waals surface area contributed by atoms with E-state index < -0.39 is 0 Å². The molecule has 1 unspecified atom stereocenters. The van der Waals surface area contributed by atoms with Gasteiger partial charge in [-0.2, -0.15) is 0 Å². The van der Waals surface area contributed by atoms with Gasteiger partial charge in [0.2, 0.25) is 5.91 Å². The van der Waals surface area contributed by atoms with Gasteiger partial charge in [-0.25, -0.2) is 9.48 Å².